The van der Waals surface area contributed by atoms with E-state index in [0.717, 1.165) is 17.5 Å². The molecule has 2 nitrogen and oxygen atoms in total. The molecule has 1 N–H and O–H groups in total. The number of nitrogens with one attached hydrogen (secondary N) is 1. The van der Waals surface area contributed by atoms with Crippen molar-refractivity contribution in [2.24, 2.45) is 5.41 Å². The smallest absolute Gasteiger partial charge is 0.251 e. The van der Waals surface area contributed by atoms with E-state index in [1.54, 1.807) is 0 Å². The Labute approximate surface area is 90.7 Å². The minimum Gasteiger partial charge on any atom is -0.348 e. The van der Waals surface area contributed by atoms with Crippen molar-refractivity contribution in [3.05, 3.63) is 34.9 Å². The van der Waals surface area contributed by atoms with Crippen LogP contribution in [-0.4, -0.2) is 5.91 Å². The predicted octanol–water partition coefficient (Wildman–Crippen LogP) is 2.52. The third kappa shape index (κ3) is 2.20. The maximum absolute atomic E-state index is 11.5. The summed E-state index contributed by atoms with van der Waals surface area (Å²) >= 11 is 0. The van der Waals surface area contributed by atoms with Crippen LogP contribution in [0.2, 0.25) is 0 Å². The molecule has 0 saturated carbocycles. The highest BCUT2D eigenvalue weighted by Gasteiger charge is 2.20. The lowest BCUT2D eigenvalue weighted by Crippen LogP contribution is -2.13. The molecule has 0 radical (unpaired) electrons. The number of fused-ring (bicyclic) bond motifs is 1. The molecule has 0 unspecified atom stereocenters. The molecule has 0 atom stereocenters. The van der Waals surface area contributed by atoms with Gasteiger partial charge < -0.3 is 5.32 Å². The van der Waals surface area contributed by atoms with Gasteiger partial charge in [0.05, 0.1) is 0 Å². The topological polar surface area (TPSA) is 29.1 Å². The molecular formula is C13H17NO. The number of amides is 1. The fourth-order valence-corrected chi connectivity index (χ4v) is 1.98. The van der Waals surface area contributed by atoms with Gasteiger partial charge in [0.2, 0.25) is 0 Å². The van der Waals surface area contributed by atoms with Gasteiger partial charge in [0.1, 0.15) is 0 Å². The van der Waals surface area contributed by atoms with Crippen molar-refractivity contribution in [3.63, 3.8) is 0 Å². The molecular weight excluding hydrogens is 186 g/mol. The summed E-state index contributed by atoms with van der Waals surface area (Å²) in [6.07, 6.45) is 1.01. The number of carbonyl (C=O) groups excluding carboxylic acids is 1. The Bertz CT molecular complexity index is 401. The molecule has 1 heterocycles. The van der Waals surface area contributed by atoms with Crippen molar-refractivity contribution in [2.75, 3.05) is 0 Å². The Hall–Kier alpha value is -1.31. The highest BCUT2D eigenvalue weighted by atomic mass is 16.1. The van der Waals surface area contributed by atoms with Crippen LogP contribution in [0.25, 0.3) is 0 Å². The lowest BCUT2D eigenvalue weighted by molar-refractivity contribution is 0.0965. The summed E-state index contributed by atoms with van der Waals surface area (Å²) < 4.78 is 0. The van der Waals surface area contributed by atoms with Gasteiger partial charge in [0.15, 0.2) is 0 Å². The van der Waals surface area contributed by atoms with Crippen molar-refractivity contribution in [3.8, 4) is 0 Å². The SMILES string of the molecule is CC(C)(C)Cc1ccc2c(c1)C(=O)NC2. The van der Waals surface area contributed by atoms with Crippen molar-refractivity contribution >= 4 is 5.91 Å². The highest BCUT2D eigenvalue weighted by Crippen LogP contribution is 2.24. The Morgan fingerprint density at radius 2 is 2.07 bits per heavy atom. The van der Waals surface area contributed by atoms with Gasteiger partial charge in [0, 0.05) is 12.1 Å². The van der Waals surface area contributed by atoms with Crippen LogP contribution in [0, 0.1) is 5.41 Å². The largest absolute Gasteiger partial charge is 0.348 e. The second-order valence-electron chi connectivity index (χ2n) is 5.41. The average molecular weight is 203 g/mol. The van der Waals surface area contributed by atoms with E-state index >= 15 is 0 Å². The van der Waals surface area contributed by atoms with E-state index in [1.807, 2.05) is 6.07 Å². The minimum atomic E-state index is 0.0701. The highest BCUT2D eigenvalue weighted by molar-refractivity contribution is 5.98. The Kier molecular flexibility index (Phi) is 2.29. The number of hydrogen-bond donors (Lipinski definition) is 1. The number of carbonyl (C=O) groups is 1. The quantitative estimate of drug-likeness (QED) is 0.746. The molecule has 1 aliphatic heterocycles. The summed E-state index contributed by atoms with van der Waals surface area (Å²) in [5, 5.41) is 2.84. The normalized spacial score (nSPS) is 15.0. The van der Waals surface area contributed by atoms with Crippen LogP contribution in [0.3, 0.4) is 0 Å². The molecule has 1 aromatic carbocycles. The molecule has 15 heavy (non-hydrogen) atoms. The summed E-state index contributed by atoms with van der Waals surface area (Å²) in [6.45, 7) is 7.31. The molecule has 1 amide bonds. The van der Waals surface area contributed by atoms with Crippen molar-refractivity contribution in [1.29, 1.82) is 0 Å². The van der Waals surface area contributed by atoms with Gasteiger partial charge in [-0.1, -0.05) is 32.9 Å². The average Bonchev–Trinajstić information content (AvgIpc) is 2.45. The monoisotopic (exact) mass is 203 g/mol. The zero-order chi connectivity index (χ0) is 11.1. The molecule has 2 rings (SSSR count). The molecule has 1 aliphatic rings. The van der Waals surface area contributed by atoms with Crippen LogP contribution in [0.4, 0.5) is 0 Å². The lowest BCUT2D eigenvalue weighted by Gasteiger charge is -2.18. The van der Waals surface area contributed by atoms with Crippen molar-refractivity contribution < 1.29 is 4.79 Å². The van der Waals surface area contributed by atoms with E-state index in [9.17, 15) is 4.79 Å². The first-order valence-electron chi connectivity index (χ1n) is 5.36. The molecule has 0 fully saturated rings. The van der Waals surface area contributed by atoms with Crippen LogP contribution in [0.1, 0.15) is 42.3 Å². The van der Waals surface area contributed by atoms with Crippen LogP contribution in [0.15, 0.2) is 18.2 Å². The first-order chi connectivity index (χ1) is 6.96. The number of benzene rings is 1. The van der Waals surface area contributed by atoms with Gasteiger partial charge in [-0.25, -0.2) is 0 Å². The van der Waals surface area contributed by atoms with E-state index in [4.69, 9.17) is 0 Å². The lowest BCUT2D eigenvalue weighted by atomic mass is 9.87. The van der Waals surface area contributed by atoms with Crippen LogP contribution >= 0.6 is 0 Å². The van der Waals surface area contributed by atoms with E-state index in [2.05, 4.69) is 38.2 Å². The fraction of sp³-hybridized carbons (Fsp3) is 0.462. The van der Waals surface area contributed by atoms with Gasteiger partial charge in [-0.3, -0.25) is 4.79 Å². The molecule has 1 aromatic rings. The second kappa shape index (κ2) is 3.37. The summed E-state index contributed by atoms with van der Waals surface area (Å²) in [6, 6.07) is 6.22. The van der Waals surface area contributed by atoms with E-state index in [1.165, 1.54) is 5.56 Å². The van der Waals surface area contributed by atoms with Gasteiger partial charge >= 0.3 is 0 Å². The first-order valence-corrected chi connectivity index (χ1v) is 5.36. The maximum atomic E-state index is 11.5. The van der Waals surface area contributed by atoms with E-state index in [0.29, 0.717) is 6.54 Å². The molecule has 2 heteroatoms. The van der Waals surface area contributed by atoms with Crippen LogP contribution in [-0.2, 0) is 13.0 Å². The van der Waals surface area contributed by atoms with Crippen molar-refractivity contribution in [2.45, 2.75) is 33.7 Å². The summed E-state index contributed by atoms with van der Waals surface area (Å²) in [7, 11) is 0. The molecule has 80 valence electrons. The third-order valence-corrected chi connectivity index (χ3v) is 2.59. The molecule has 0 bridgehead atoms. The van der Waals surface area contributed by atoms with Crippen LogP contribution in [0.5, 0.6) is 0 Å². The molecule has 0 aromatic heterocycles. The van der Waals surface area contributed by atoms with E-state index in [-0.39, 0.29) is 11.3 Å². The summed E-state index contributed by atoms with van der Waals surface area (Å²) in [5.74, 6) is 0.0701. The maximum Gasteiger partial charge on any atom is 0.251 e. The van der Waals surface area contributed by atoms with Crippen LogP contribution < -0.4 is 5.32 Å². The molecule has 0 aliphatic carbocycles. The Balaban J connectivity index is 2.30. The fourth-order valence-electron chi connectivity index (χ4n) is 1.98. The van der Waals surface area contributed by atoms with E-state index < -0.39 is 0 Å². The third-order valence-electron chi connectivity index (χ3n) is 2.59. The van der Waals surface area contributed by atoms with Crippen molar-refractivity contribution in [1.82, 2.24) is 5.32 Å². The van der Waals surface area contributed by atoms with Gasteiger partial charge in [-0.05, 0) is 29.0 Å². The second-order valence-corrected chi connectivity index (χ2v) is 5.41. The Morgan fingerprint density at radius 1 is 1.33 bits per heavy atom. The minimum absolute atomic E-state index is 0.0701. The van der Waals surface area contributed by atoms with Gasteiger partial charge in [0.25, 0.3) is 5.91 Å². The van der Waals surface area contributed by atoms with Gasteiger partial charge in [-0.2, -0.15) is 0 Å². The number of hydrogen-bond acceptors (Lipinski definition) is 1. The van der Waals surface area contributed by atoms with Gasteiger partial charge in [-0.15, -0.1) is 0 Å². The summed E-state index contributed by atoms with van der Waals surface area (Å²) in [4.78, 5) is 11.5. The first kappa shape index (κ1) is 10.2. The standard InChI is InChI=1S/C13H17NO/c1-13(2,3)7-9-4-5-10-8-14-12(15)11(10)6-9/h4-6H,7-8H2,1-3H3,(H,14,15). The molecule has 0 spiro atoms. The molecule has 0 saturated heterocycles. The summed E-state index contributed by atoms with van der Waals surface area (Å²) in [5.41, 5.74) is 3.50. The Morgan fingerprint density at radius 3 is 2.73 bits per heavy atom. The zero-order valence-corrected chi connectivity index (χ0v) is 9.55. The number of rotatable bonds is 1. The zero-order valence-electron chi connectivity index (χ0n) is 9.55. The predicted molar refractivity (Wildman–Crippen MR) is 60.8 cm³/mol.